The molecule has 0 radical (unpaired) electrons. The van der Waals surface area contributed by atoms with Crippen LogP contribution >= 0.6 is 0 Å². The SMILES string of the molecule is CC(=O)NC1C(O)CC(OC(CO)C(O)C2OC(O)(C(=O)O)CC(O)C2NC(C)=O)(C(=O)O)OC1C(O)C(O)CO. The van der Waals surface area contributed by atoms with Gasteiger partial charge in [0.25, 0.3) is 11.6 Å². The van der Waals surface area contributed by atoms with Crippen LogP contribution in [0.4, 0.5) is 0 Å². The van der Waals surface area contributed by atoms with Gasteiger partial charge in [0.05, 0.1) is 37.5 Å². The van der Waals surface area contributed by atoms with Crippen LogP contribution < -0.4 is 10.6 Å². The molecule has 12 atom stereocenters. The van der Waals surface area contributed by atoms with Gasteiger partial charge in [-0.1, -0.05) is 0 Å². The lowest BCUT2D eigenvalue weighted by atomic mass is 9.87. The molecular formula is C22H36N2O17. The average Bonchev–Trinajstić information content (AvgIpc) is 2.88. The first-order valence-electron chi connectivity index (χ1n) is 12.3. The highest BCUT2D eigenvalue weighted by atomic mass is 16.7. The maximum absolute atomic E-state index is 12.4. The minimum Gasteiger partial charge on any atom is -0.477 e. The van der Waals surface area contributed by atoms with Crippen molar-refractivity contribution in [2.24, 2.45) is 0 Å². The molecule has 2 fully saturated rings. The summed E-state index contributed by atoms with van der Waals surface area (Å²) in [5.74, 6) is -11.7. The minimum atomic E-state index is -3.09. The van der Waals surface area contributed by atoms with Crippen LogP contribution in [0.2, 0.25) is 0 Å². The van der Waals surface area contributed by atoms with Crippen LogP contribution in [0.3, 0.4) is 0 Å². The lowest BCUT2D eigenvalue weighted by Crippen LogP contribution is -2.70. The zero-order chi connectivity index (χ0) is 31.4. The van der Waals surface area contributed by atoms with Crippen molar-refractivity contribution in [1.82, 2.24) is 10.6 Å². The summed E-state index contributed by atoms with van der Waals surface area (Å²) in [7, 11) is 0. The lowest BCUT2D eigenvalue weighted by molar-refractivity contribution is -0.342. The molecule has 2 aliphatic heterocycles. The number of carbonyl (C=O) groups is 4. The van der Waals surface area contributed by atoms with Gasteiger partial charge in [-0.05, 0) is 0 Å². The number of aliphatic hydroxyl groups excluding tert-OH is 7. The van der Waals surface area contributed by atoms with Gasteiger partial charge in [-0.2, -0.15) is 0 Å². The number of aliphatic hydroxyl groups is 8. The Kier molecular flexibility index (Phi) is 11.5. The zero-order valence-electron chi connectivity index (χ0n) is 21.9. The Hall–Kier alpha value is -2.56. The highest BCUT2D eigenvalue weighted by molar-refractivity contribution is 5.77. The molecule has 0 aliphatic carbocycles. The Morgan fingerprint density at radius 2 is 1.32 bits per heavy atom. The third-order valence-electron chi connectivity index (χ3n) is 6.72. The van der Waals surface area contributed by atoms with Gasteiger partial charge < -0.3 is 75.9 Å². The fraction of sp³-hybridized carbons (Fsp3) is 0.818. The number of carbonyl (C=O) groups excluding carboxylic acids is 2. The predicted molar refractivity (Wildman–Crippen MR) is 126 cm³/mol. The Balaban J connectivity index is 2.49. The van der Waals surface area contributed by atoms with Crippen LogP contribution in [0.15, 0.2) is 0 Å². The van der Waals surface area contributed by atoms with Gasteiger partial charge in [-0.15, -0.1) is 0 Å². The summed E-state index contributed by atoms with van der Waals surface area (Å²) in [6.07, 6.45) is -18.2. The minimum absolute atomic E-state index is 0.760. The highest BCUT2D eigenvalue weighted by Crippen LogP contribution is 2.37. The molecule has 0 spiro atoms. The van der Waals surface area contributed by atoms with E-state index in [-0.39, 0.29) is 0 Å². The zero-order valence-corrected chi connectivity index (χ0v) is 21.9. The number of carboxylic acids is 2. The molecular weight excluding hydrogens is 564 g/mol. The van der Waals surface area contributed by atoms with Crippen molar-refractivity contribution in [3.05, 3.63) is 0 Å². The highest BCUT2D eigenvalue weighted by Gasteiger charge is 2.59. The van der Waals surface area contributed by atoms with Gasteiger partial charge in [0, 0.05) is 26.7 Å². The van der Waals surface area contributed by atoms with Crippen molar-refractivity contribution in [2.45, 2.75) is 99.2 Å². The molecule has 0 bridgehead atoms. The fourth-order valence-corrected chi connectivity index (χ4v) is 4.73. The number of amides is 2. The number of hydrogen-bond acceptors (Lipinski definition) is 15. The third-order valence-corrected chi connectivity index (χ3v) is 6.72. The molecule has 19 nitrogen and oxygen atoms in total. The molecule has 19 heteroatoms. The Morgan fingerprint density at radius 3 is 1.73 bits per heavy atom. The monoisotopic (exact) mass is 600 g/mol. The lowest BCUT2D eigenvalue weighted by Gasteiger charge is -2.49. The van der Waals surface area contributed by atoms with E-state index in [4.69, 9.17) is 14.2 Å². The first kappa shape index (κ1) is 34.6. The third kappa shape index (κ3) is 7.64. The molecule has 12 N–H and O–H groups in total. The van der Waals surface area contributed by atoms with Crippen LogP contribution in [0, 0.1) is 0 Å². The summed E-state index contributed by atoms with van der Waals surface area (Å²) in [5, 5.41) is 106. The van der Waals surface area contributed by atoms with Gasteiger partial charge in [-0.25, -0.2) is 9.59 Å². The molecule has 0 saturated carbocycles. The van der Waals surface area contributed by atoms with Gasteiger partial charge in [0.1, 0.15) is 36.6 Å². The van der Waals surface area contributed by atoms with E-state index >= 15 is 0 Å². The average molecular weight is 601 g/mol. The van der Waals surface area contributed by atoms with E-state index in [2.05, 4.69) is 10.6 Å². The van der Waals surface area contributed by atoms with Gasteiger partial charge in [-0.3, -0.25) is 9.59 Å². The number of rotatable bonds is 12. The normalized spacial score (nSPS) is 36.8. The van der Waals surface area contributed by atoms with E-state index in [1.54, 1.807) is 0 Å². The Bertz CT molecular complexity index is 968. The summed E-state index contributed by atoms with van der Waals surface area (Å²) in [4.78, 5) is 47.4. The summed E-state index contributed by atoms with van der Waals surface area (Å²) in [5.41, 5.74) is 0. The van der Waals surface area contributed by atoms with Crippen molar-refractivity contribution >= 4 is 23.8 Å². The van der Waals surface area contributed by atoms with Crippen LogP contribution in [0.25, 0.3) is 0 Å². The molecule has 12 unspecified atom stereocenters. The van der Waals surface area contributed by atoms with E-state index < -0.39 is 122 Å². The second-order valence-electron chi connectivity index (χ2n) is 9.88. The molecule has 2 amide bonds. The standard InChI is InChI=1S/C22H36N2O17/c1-7(27)23-13-9(29)3-21(38,19(34)35)40-18(13)16(33)12(6-26)39-22(20(36)37)4-10(30)14(24-8(2)28)17(41-22)15(32)11(31)5-25/h9-18,25-26,29-33,38H,3-6H2,1-2H3,(H,23,27)(H,24,28)(H,34,35)(H,36,37). The van der Waals surface area contributed by atoms with E-state index in [9.17, 15) is 70.2 Å². The molecule has 41 heavy (non-hydrogen) atoms. The molecule has 0 aromatic rings. The van der Waals surface area contributed by atoms with E-state index in [0.29, 0.717) is 0 Å². The van der Waals surface area contributed by atoms with Gasteiger partial charge in [0.2, 0.25) is 11.8 Å². The molecule has 2 rings (SSSR count). The summed E-state index contributed by atoms with van der Waals surface area (Å²) < 4.78 is 15.9. The maximum Gasteiger partial charge on any atom is 0.364 e. The first-order chi connectivity index (χ1) is 18.9. The Labute approximate surface area is 231 Å². The number of ether oxygens (including phenoxy) is 3. The smallest absolute Gasteiger partial charge is 0.364 e. The number of aliphatic carboxylic acids is 2. The number of hydrogen-bond donors (Lipinski definition) is 12. The van der Waals surface area contributed by atoms with Crippen molar-refractivity contribution in [2.75, 3.05) is 13.2 Å². The van der Waals surface area contributed by atoms with Crippen LogP contribution in [-0.2, 0) is 33.4 Å². The second-order valence-corrected chi connectivity index (χ2v) is 9.88. The van der Waals surface area contributed by atoms with Crippen molar-refractivity contribution in [1.29, 1.82) is 0 Å². The van der Waals surface area contributed by atoms with Crippen LogP contribution in [0.1, 0.15) is 26.7 Å². The molecule has 2 saturated heterocycles. The number of carboxylic acid groups (broad SMARTS) is 2. The van der Waals surface area contributed by atoms with Gasteiger partial charge in [0.15, 0.2) is 0 Å². The molecule has 2 aliphatic rings. The van der Waals surface area contributed by atoms with E-state index in [1.807, 2.05) is 0 Å². The Morgan fingerprint density at radius 1 is 0.829 bits per heavy atom. The number of nitrogens with one attached hydrogen (secondary N) is 2. The molecule has 0 aromatic heterocycles. The van der Waals surface area contributed by atoms with E-state index in [0.717, 1.165) is 13.8 Å². The topological polar surface area (TPSA) is 322 Å². The summed E-state index contributed by atoms with van der Waals surface area (Å²) in [6, 6.07) is -3.17. The molecule has 0 aromatic carbocycles. The quantitative estimate of drug-likeness (QED) is 0.0990. The van der Waals surface area contributed by atoms with E-state index in [1.165, 1.54) is 0 Å². The van der Waals surface area contributed by atoms with Crippen molar-refractivity contribution < 1.29 is 84.5 Å². The van der Waals surface area contributed by atoms with Crippen molar-refractivity contribution in [3.63, 3.8) is 0 Å². The van der Waals surface area contributed by atoms with Gasteiger partial charge >= 0.3 is 11.9 Å². The second kappa shape index (κ2) is 13.6. The molecule has 2 heterocycles. The largest absolute Gasteiger partial charge is 0.477 e. The van der Waals surface area contributed by atoms with Crippen molar-refractivity contribution in [3.8, 4) is 0 Å². The summed E-state index contributed by atoms with van der Waals surface area (Å²) in [6.45, 7) is -0.288. The fourth-order valence-electron chi connectivity index (χ4n) is 4.73. The summed E-state index contributed by atoms with van der Waals surface area (Å²) >= 11 is 0. The van der Waals surface area contributed by atoms with Crippen LogP contribution in [-0.4, -0.2) is 161 Å². The first-order valence-corrected chi connectivity index (χ1v) is 12.3. The predicted octanol–water partition coefficient (Wildman–Crippen LogP) is -6.70. The molecule has 236 valence electrons. The van der Waals surface area contributed by atoms with Crippen LogP contribution in [0.5, 0.6) is 0 Å². The maximum atomic E-state index is 12.4.